The van der Waals surface area contributed by atoms with E-state index in [0.29, 0.717) is 24.6 Å². The third-order valence-corrected chi connectivity index (χ3v) is 6.69. The molecule has 0 aliphatic heterocycles. The second-order valence-electron chi connectivity index (χ2n) is 7.30. The molecule has 2 aromatic carbocycles. The van der Waals surface area contributed by atoms with Crippen LogP contribution < -0.4 is 9.62 Å². The summed E-state index contributed by atoms with van der Waals surface area (Å²) in [6.45, 7) is 2.66. The van der Waals surface area contributed by atoms with Gasteiger partial charge in [0.1, 0.15) is 4.90 Å². The Hall–Kier alpha value is -2.97. The fourth-order valence-electron chi connectivity index (χ4n) is 3.14. The minimum atomic E-state index is -4.13. The monoisotopic (exact) mass is 472 g/mol. The van der Waals surface area contributed by atoms with Gasteiger partial charge in [-0.2, -0.15) is 0 Å². The van der Waals surface area contributed by atoms with Gasteiger partial charge >= 0.3 is 0 Å². The average molecular weight is 473 g/mol. The molecular weight excluding hydrogens is 448 g/mol. The molecule has 0 radical (unpaired) electrons. The maximum atomic E-state index is 12.8. The molecule has 0 aliphatic rings. The van der Waals surface area contributed by atoms with Gasteiger partial charge in [-0.3, -0.25) is 4.79 Å². The summed E-state index contributed by atoms with van der Waals surface area (Å²) in [5.41, 5.74) is 1.83. The van der Waals surface area contributed by atoms with Gasteiger partial charge in [0.25, 0.3) is 15.9 Å². The zero-order valence-electron chi connectivity index (χ0n) is 18.0. The van der Waals surface area contributed by atoms with Gasteiger partial charge in [0.15, 0.2) is 0 Å². The Kier molecular flexibility index (Phi) is 7.82. The van der Waals surface area contributed by atoms with Crippen molar-refractivity contribution < 1.29 is 13.2 Å². The van der Waals surface area contributed by atoms with Crippen LogP contribution in [0.5, 0.6) is 0 Å². The van der Waals surface area contributed by atoms with Crippen LogP contribution in [0.4, 0.5) is 5.95 Å². The van der Waals surface area contributed by atoms with Crippen LogP contribution in [-0.4, -0.2) is 37.9 Å². The third kappa shape index (κ3) is 5.83. The highest BCUT2D eigenvalue weighted by atomic mass is 35.5. The first-order chi connectivity index (χ1) is 15.3. The number of sulfonamides is 1. The number of aryl methyl sites for hydroxylation is 1. The Balaban J connectivity index is 1.79. The standard InChI is InChI=1S/C23H25ClN4O3S/c1-3-9-20-18(22(29)27-32(30,31)21-13-8-7-12-19(21)24)16-25-23(26-20)28(2)15-14-17-10-5-4-6-11-17/h4-8,10-13,16H,3,9,14-15H2,1-2H3,(H,27,29). The minimum Gasteiger partial charge on any atom is -0.344 e. The summed E-state index contributed by atoms with van der Waals surface area (Å²) >= 11 is 5.99. The van der Waals surface area contributed by atoms with E-state index in [0.717, 1.165) is 12.8 Å². The quantitative estimate of drug-likeness (QED) is 0.508. The molecule has 0 bridgehead atoms. The minimum absolute atomic E-state index is 0.0354. The van der Waals surface area contributed by atoms with Crippen molar-refractivity contribution in [3.05, 3.63) is 82.6 Å². The van der Waals surface area contributed by atoms with Gasteiger partial charge in [0.05, 0.1) is 16.3 Å². The molecule has 0 saturated heterocycles. The number of aromatic nitrogens is 2. The first-order valence-corrected chi connectivity index (χ1v) is 12.1. The molecular formula is C23H25ClN4O3S. The summed E-state index contributed by atoms with van der Waals surface area (Å²) in [7, 11) is -2.25. The van der Waals surface area contributed by atoms with Crippen molar-refractivity contribution in [3.63, 3.8) is 0 Å². The smallest absolute Gasteiger partial charge is 0.268 e. The highest BCUT2D eigenvalue weighted by molar-refractivity contribution is 7.90. The molecule has 1 amide bonds. The molecule has 9 heteroatoms. The number of likely N-dealkylation sites (N-methyl/N-ethyl adjacent to an activating group) is 1. The van der Waals surface area contributed by atoms with Crippen molar-refractivity contribution in [2.24, 2.45) is 0 Å². The second-order valence-corrected chi connectivity index (χ2v) is 9.36. The molecule has 1 N–H and O–H groups in total. The molecule has 0 spiro atoms. The topological polar surface area (TPSA) is 92.3 Å². The van der Waals surface area contributed by atoms with Crippen molar-refractivity contribution >= 4 is 33.5 Å². The van der Waals surface area contributed by atoms with E-state index in [1.807, 2.05) is 37.1 Å². The summed E-state index contributed by atoms with van der Waals surface area (Å²) in [4.78, 5) is 23.4. The number of hydrogen-bond donors (Lipinski definition) is 1. The van der Waals surface area contributed by atoms with Crippen LogP contribution in [0, 0.1) is 0 Å². The first kappa shape index (κ1) is 23.7. The fraction of sp³-hybridized carbons (Fsp3) is 0.261. The Morgan fingerprint density at radius 3 is 2.44 bits per heavy atom. The van der Waals surface area contributed by atoms with Crippen molar-refractivity contribution in [2.75, 3.05) is 18.5 Å². The number of nitrogens with one attached hydrogen (secondary N) is 1. The lowest BCUT2D eigenvalue weighted by Crippen LogP contribution is -2.32. The van der Waals surface area contributed by atoms with Gasteiger partial charge in [-0.25, -0.2) is 23.1 Å². The molecule has 3 rings (SSSR count). The molecule has 168 valence electrons. The van der Waals surface area contributed by atoms with E-state index < -0.39 is 15.9 Å². The number of hydrogen-bond acceptors (Lipinski definition) is 6. The normalized spacial score (nSPS) is 11.2. The number of amides is 1. The second kappa shape index (κ2) is 10.6. The number of nitrogens with zero attached hydrogens (tertiary/aromatic N) is 3. The maximum absolute atomic E-state index is 12.8. The highest BCUT2D eigenvalue weighted by Gasteiger charge is 2.24. The number of benzene rings is 2. The average Bonchev–Trinajstić information content (AvgIpc) is 2.78. The molecule has 3 aromatic rings. The summed E-state index contributed by atoms with van der Waals surface area (Å²) in [6, 6.07) is 16.0. The Labute approximate surface area is 193 Å². The molecule has 32 heavy (non-hydrogen) atoms. The molecule has 1 aromatic heterocycles. The summed E-state index contributed by atoms with van der Waals surface area (Å²) in [6.07, 6.45) is 3.45. The van der Waals surface area contributed by atoms with Crippen molar-refractivity contribution in [2.45, 2.75) is 31.1 Å². The highest BCUT2D eigenvalue weighted by Crippen LogP contribution is 2.21. The number of anilines is 1. The van der Waals surface area contributed by atoms with Gasteiger partial charge < -0.3 is 4.90 Å². The van der Waals surface area contributed by atoms with Gasteiger partial charge in [-0.05, 0) is 30.5 Å². The third-order valence-electron chi connectivity index (χ3n) is 4.86. The van der Waals surface area contributed by atoms with Crippen LogP contribution in [0.2, 0.25) is 5.02 Å². The van der Waals surface area contributed by atoms with Crippen LogP contribution in [0.3, 0.4) is 0 Å². The van der Waals surface area contributed by atoms with Crippen LogP contribution in [-0.2, 0) is 22.9 Å². The lowest BCUT2D eigenvalue weighted by Gasteiger charge is -2.19. The van der Waals surface area contributed by atoms with E-state index in [9.17, 15) is 13.2 Å². The molecule has 0 fully saturated rings. The van der Waals surface area contributed by atoms with Crippen LogP contribution >= 0.6 is 11.6 Å². The van der Waals surface area contributed by atoms with E-state index in [2.05, 4.69) is 26.8 Å². The van der Waals surface area contributed by atoms with Gasteiger partial charge in [0, 0.05) is 19.8 Å². The van der Waals surface area contributed by atoms with E-state index >= 15 is 0 Å². The zero-order chi connectivity index (χ0) is 23.1. The lowest BCUT2D eigenvalue weighted by molar-refractivity contribution is 0.0979. The Morgan fingerprint density at radius 2 is 1.75 bits per heavy atom. The lowest BCUT2D eigenvalue weighted by atomic mass is 10.1. The molecule has 0 aliphatic carbocycles. The van der Waals surface area contributed by atoms with E-state index in [-0.39, 0.29) is 15.5 Å². The maximum Gasteiger partial charge on any atom is 0.268 e. The molecule has 0 saturated carbocycles. The Morgan fingerprint density at radius 1 is 1.06 bits per heavy atom. The predicted octanol–water partition coefficient (Wildman–Crippen LogP) is 3.88. The van der Waals surface area contributed by atoms with Crippen LogP contribution in [0.15, 0.2) is 65.7 Å². The summed E-state index contributed by atoms with van der Waals surface area (Å²) < 4.78 is 27.4. The molecule has 7 nitrogen and oxygen atoms in total. The number of carbonyl (C=O) groups excluding carboxylic acids is 1. The van der Waals surface area contributed by atoms with Gasteiger partial charge in [0.2, 0.25) is 5.95 Å². The van der Waals surface area contributed by atoms with Gasteiger partial charge in [-0.15, -0.1) is 0 Å². The first-order valence-electron chi connectivity index (χ1n) is 10.2. The van der Waals surface area contributed by atoms with E-state index in [4.69, 9.17) is 11.6 Å². The Bertz CT molecular complexity index is 1190. The number of carbonyl (C=O) groups is 1. The molecule has 1 heterocycles. The number of rotatable bonds is 9. The fourth-order valence-corrected chi connectivity index (χ4v) is 4.63. The van der Waals surface area contributed by atoms with Crippen molar-refractivity contribution in [1.29, 1.82) is 0 Å². The summed E-state index contributed by atoms with van der Waals surface area (Å²) in [5, 5.41) is 0.0354. The molecule has 0 unspecified atom stereocenters. The SMILES string of the molecule is CCCc1nc(N(C)CCc2ccccc2)ncc1C(=O)NS(=O)(=O)c1ccccc1Cl. The van der Waals surface area contributed by atoms with Crippen LogP contribution in [0.1, 0.15) is 35.0 Å². The summed E-state index contributed by atoms with van der Waals surface area (Å²) in [5.74, 6) is -0.304. The van der Waals surface area contributed by atoms with Gasteiger partial charge in [-0.1, -0.05) is 67.4 Å². The predicted molar refractivity (Wildman–Crippen MR) is 126 cm³/mol. The zero-order valence-corrected chi connectivity index (χ0v) is 19.5. The van der Waals surface area contributed by atoms with Crippen LogP contribution in [0.25, 0.3) is 0 Å². The molecule has 0 atom stereocenters. The number of halogens is 1. The van der Waals surface area contributed by atoms with E-state index in [1.54, 1.807) is 6.07 Å². The largest absolute Gasteiger partial charge is 0.344 e. The van der Waals surface area contributed by atoms with E-state index in [1.165, 1.54) is 30.0 Å². The van der Waals surface area contributed by atoms with Crippen molar-refractivity contribution in [3.8, 4) is 0 Å². The van der Waals surface area contributed by atoms with Crippen molar-refractivity contribution in [1.82, 2.24) is 14.7 Å².